The number of carboxylic acid groups (broad SMARTS) is 1. The number of rotatable bonds is 5. The van der Waals surface area contributed by atoms with Crippen LogP contribution in [0.5, 0.6) is 5.75 Å². The van der Waals surface area contributed by atoms with Crippen molar-refractivity contribution in [3.63, 3.8) is 0 Å². The van der Waals surface area contributed by atoms with E-state index in [0.29, 0.717) is 16.5 Å². The summed E-state index contributed by atoms with van der Waals surface area (Å²) in [7, 11) is 0. The molecule has 0 saturated heterocycles. The second-order valence-corrected chi connectivity index (χ2v) is 5.03. The van der Waals surface area contributed by atoms with Crippen molar-refractivity contribution in [2.75, 3.05) is 5.32 Å². The third-order valence-corrected chi connectivity index (χ3v) is 3.11. The number of nitrogens with one attached hydrogen (secondary N) is 1. The molecule has 0 bridgehead atoms. The topological polar surface area (TPSA) is 75.6 Å². The number of anilines is 1. The van der Waals surface area contributed by atoms with Crippen molar-refractivity contribution in [1.29, 1.82) is 0 Å². The Morgan fingerprint density at radius 3 is 2.45 bits per heavy atom. The van der Waals surface area contributed by atoms with Gasteiger partial charge in [0.05, 0.1) is 5.56 Å². The Morgan fingerprint density at radius 2 is 1.86 bits per heavy atom. The monoisotopic (exact) mass is 319 g/mol. The van der Waals surface area contributed by atoms with Gasteiger partial charge in [0.1, 0.15) is 5.75 Å². The van der Waals surface area contributed by atoms with Crippen molar-refractivity contribution in [3.05, 3.63) is 59.1 Å². The zero-order chi connectivity index (χ0) is 16.1. The van der Waals surface area contributed by atoms with Crippen LogP contribution in [0.3, 0.4) is 0 Å². The van der Waals surface area contributed by atoms with E-state index in [0.717, 1.165) is 0 Å². The summed E-state index contributed by atoms with van der Waals surface area (Å²) in [6.45, 7) is 1.61. The average molecular weight is 320 g/mol. The number of hydrogen-bond donors (Lipinski definition) is 2. The third kappa shape index (κ3) is 4.23. The fourth-order valence-electron chi connectivity index (χ4n) is 1.74. The number of carbonyl (C=O) groups excluding carboxylic acids is 1. The number of carbonyl (C=O) groups is 2. The Morgan fingerprint density at radius 1 is 1.18 bits per heavy atom. The number of carboxylic acids is 1. The smallest absolute Gasteiger partial charge is 0.335 e. The molecule has 0 radical (unpaired) electrons. The van der Waals surface area contributed by atoms with Crippen LogP contribution in [0.2, 0.25) is 5.02 Å². The quantitative estimate of drug-likeness (QED) is 0.885. The summed E-state index contributed by atoms with van der Waals surface area (Å²) in [5.74, 6) is -0.866. The van der Waals surface area contributed by atoms with E-state index < -0.39 is 12.1 Å². The van der Waals surface area contributed by atoms with Crippen molar-refractivity contribution >= 4 is 29.2 Å². The molecule has 2 rings (SSSR count). The molecule has 0 unspecified atom stereocenters. The predicted octanol–water partition coefficient (Wildman–Crippen LogP) is 3.44. The van der Waals surface area contributed by atoms with Gasteiger partial charge in [-0.15, -0.1) is 0 Å². The van der Waals surface area contributed by atoms with E-state index >= 15 is 0 Å². The molecule has 0 heterocycles. The molecular formula is C16H14ClNO4. The van der Waals surface area contributed by atoms with E-state index in [1.807, 2.05) is 0 Å². The normalized spacial score (nSPS) is 11.5. The third-order valence-electron chi connectivity index (χ3n) is 2.88. The van der Waals surface area contributed by atoms with Gasteiger partial charge in [0.25, 0.3) is 5.91 Å². The lowest BCUT2D eigenvalue weighted by Gasteiger charge is -2.15. The van der Waals surface area contributed by atoms with Crippen LogP contribution in [0, 0.1) is 0 Å². The lowest BCUT2D eigenvalue weighted by Crippen LogP contribution is -2.30. The minimum absolute atomic E-state index is 0.154. The molecular weight excluding hydrogens is 306 g/mol. The highest BCUT2D eigenvalue weighted by Crippen LogP contribution is 2.19. The first-order valence-corrected chi connectivity index (χ1v) is 6.90. The molecule has 5 nitrogen and oxygen atoms in total. The van der Waals surface area contributed by atoms with Crippen molar-refractivity contribution < 1.29 is 19.4 Å². The molecule has 2 N–H and O–H groups in total. The number of aromatic carboxylic acids is 1. The Hall–Kier alpha value is -2.53. The SMILES string of the molecule is C[C@@H](Oc1cccc(Cl)c1)C(=O)Nc1ccc(C(=O)O)cc1. The first-order chi connectivity index (χ1) is 10.5. The molecule has 0 fully saturated rings. The lowest BCUT2D eigenvalue weighted by molar-refractivity contribution is -0.122. The van der Waals surface area contributed by atoms with Crippen LogP contribution >= 0.6 is 11.6 Å². The summed E-state index contributed by atoms with van der Waals surface area (Å²) in [6, 6.07) is 12.6. The first-order valence-electron chi connectivity index (χ1n) is 6.52. The van der Waals surface area contributed by atoms with Crippen molar-refractivity contribution in [2.24, 2.45) is 0 Å². The van der Waals surface area contributed by atoms with Crippen LogP contribution < -0.4 is 10.1 Å². The van der Waals surface area contributed by atoms with Crippen LogP contribution in [0.15, 0.2) is 48.5 Å². The van der Waals surface area contributed by atoms with E-state index in [4.69, 9.17) is 21.4 Å². The van der Waals surface area contributed by atoms with Crippen LogP contribution in [0.4, 0.5) is 5.69 Å². The van der Waals surface area contributed by atoms with E-state index in [1.54, 1.807) is 31.2 Å². The summed E-state index contributed by atoms with van der Waals surface area (Å²) < 4.78 is 5.50. The van der Waals surface area contributed by atoms with Gasteiger partial charge >= 0.3 is 5.97 Å². The molecule has 1 amide bonds. The summed E-state index contributed by atoms with van der Waals surface area (Å²) in [6.07, 6.45) is -0.724. The number of ether oxygens (including phenoxy) is 1. The number of halogens is 1. The van der Waals surface area contributed by atoms with Gasteiger partial charge in [0.2, 0.25) is 0 Å². The van der Waals surface area contributed by atoms with Crippen molar-refractivity contribution in [3.8, 4) is 5.75 Å². The molecule has 1 atom stereocenters. The second-order valence-electron chi connectivity index (χ2n) is 4.59. The van der Waals surface area contributed by atoms with E-state index in [2.05, 4.69) is 5.32 Å². The molecule has 6 heteroatoms. The summed E-state index contributed by atoms with van der Waals surface area (Å²) in [4.78, 5) is 22.8. The van der Waals surface area contributed by atoms with E-state index in [1.165, 1.54) is 24.3 Å². The summed E-state index contributed by atoms with van der Waals surface area (Å²) in [5, 5.41) is 12.0. The average Bonchev–Trinajstić information content (AvgIpc) is 2.47. The van der Waals surface area contributed by atoms with Gasteiger partial charge in [-0.05, 0) is 49.4 Å². The maximum atomic E-state index is 12.0. The molecule has 0 aliphatic heterocycles. The van der Waals surface area contributed by atoms with Crippen LogP contribution in [0.25, 0.3) is 0 Å². The van der Waals surface area contributed by atoms with Crippen molar-refractivity contribution in [1.82, 2.24) is 0 Å². The van der Waals surface area contributed by atoms with Gasteiger partial charge in [-0.25, -0.2) is 4.79 Å². The highest BCUT2D eigenvalue weighted by molar-refractivity contribution is 6.30. The standard InChI is InChI=1S/C16H14ClNO4/c1-10(22-14-4-2-3-12(17)9-14)15(19)18-13-7-5-11(6-8-13)16(20)21/h2-10H,1H3,(H,18,19)(H,20,21)/t10-/m1/s1. The zero-order valence-corrected chi connectivity index (χ0v) is 12.5. The highest BCUT2D eigenvalue weighted by Gasteiger charge is 2.15. The molecule has 0 spiro atoms. The molecule has 0 aliphatic carbocycles. The van der Waals surface area contributed by atoms with E-state index in [9.17, 15) is 9.59 Å². The van der Waals surface area contributed by atoms with Crippen LogP contribution in [-0.2, 0) is 4.79 Å². The largest absolute Gasteiger partial charge is 0.481 e. The number of amides is 1. The zero-order valence-electron chi connectivity index (χ0n) is 11.7. The van der Waals surface area contributed by atoms with Gasteiger partial charge in [-0.2, -0.15) is 0 Å². The predicted molar refractivity (Wildman–Crippen MR) is 83.6 cm³/mol. The molecule has 0 aromatic heterocycles. The minimum atomic E-state index is -1.02. The number of benzene rings is 2. The van der Waals surface area contributed by atoms with Gasteiger partial charge < -0.3 is 15.2 Å². The summed E-state index contributed by atoms with van der Waals surface area (Å²) >= 11 is 5.85. The maximum absolute atomic E-state index is 12.0. The fraction of sp³-hybridized carbons (Fsp3) is 0.125. The minimum Gasteiger partial charge on any atom is -0.481 e. The van der Waals surface area contributed by atoms with Gasteiger partial charge in [-0.3, -0.25) is 4.79 Å². The van der Waals surface area contributed by atoms with Gasteiger partial charge in [-0.1, -0.05) is 17.7 Å². The molecule has 22 heavy (non-hydrogen) atoms. The van der Waals surface area contributed by atoms with Crippen LogP contribution in [0.1, 0.15) is 17.3 Å². The molecule has 0 saturated carbocycles. The molecule has 2 aromatic carbocycles. The van der Waals surface area contributed by atoms with Gasteiger partial charge in [0, 0.05) is 10.7 Å². The van der Waals surface area contributed by atoms with Gasteiger partial charge in [0.15, 0.2) is 6.10 Å². The second kappa shape index (κ2) is 6.95. The molecule has 0 aliphatic rings. The highest BCUT2D eigenvalue weighted by atomic mass is 35.5. The van der Waals surface area contributed by atoms with Crippen molar-refractivity contribution in [2.45, 2.75) is 13.0 Å². The Balaban J connectivity index is 1.97. The Bertz CT molecular complexity index is 685. The van der Waals surface area contributed by atoms with Crippen LogP contribution in [-0.4, -0.2) is 23.1 Å². The van der Waals surface area contributed by atoms with E-state index in [-0.39, 0.29) is 11.5 Å². The summed E-state index contributed by atoms with van der Waals surface area (Å²) in [5.41, 5.74) is 0.651. The first kappa shape index (κ1) is 15.9. The number of hydrogen-bond acceptors (Lipinski definition) is 3. The molecule has 2 aromatic rings. The fourth-order valence-corrected chi connectivity index (χ4v) is 1.92. The maximum Gasteiger partial charge on any atom is 0.335 e. The Kier molecular flexibility index (Phi) is 5.01. The lowest BCUT2D eigenvalue weighted by atomic mass is 10.2. The Labute approximate surface area is 132 Å². The molecule has 114 valence electrons.